The summed E-state index contributed by atoms with van der Waals surface area (Å²) in [7, 11) is -3.81. The Morgan fingerprint density at radius 1 is 1.08 bits per heavy atom. The maximum Gasteiger partial charge on any atom is 0.270 e. The molecule has 0 radical (unpaired) electrons. The van der Waals surface area contributed by atoms with Crippen LogP contribution in [0.4, 0.5) is 5.69 Å². The van der Waals surface area contributed by atoms with Gasteiger partial charge in [-0.05, 0) is 37.0 Å². The van der Waals surface area contributed by atoms with Crippen LogP contribution in [-0.2, 0) is 16.4 Å². The number of nitrogens with zero attached hydrogens (tertiary/aromatic N) is 2. The van der Waals surface area contributed by atoms with Crippen LogP contribution in [0.5, 0.6) is 0 Å². The molecule has 2 aromatic carbocycles. The highest BCUT2D eigenvalue weighted by Crippen LogP contribution is 2.28. The van der Waals surface area contributed by atoms with Gasteiger partial charge in [0.2, 0.25) is 10.0 Å². The third-order valence-corrected chi connectivity index (χ3v) is 6.33. The third kappa shape index (κ3) is 4.46. The first-order chi connectivity index (χ1) is 12.3. The first-order valence-electron chi connectivity index (χ1n) is 8.27. The predicted octanol–water partition coefficient (Wildman–Crippen LogP) is 2.40. The van der Waals surface area contributed by atoms with E-state index in [1.807, 2.05) is 30.3 Å². The fourth-order valence-corrected chi connectivity index (χ4v) is 4.83. The Bertz CT molecular complexity index is 860. The van der Waals surface area contributed by atoms with Crippen molar-refractivity contribution in [1.82, 2.24) is 4.31 Å². The maximum absolute atomic E-state index is 13.2. The predicted molar refractivity (Wildman–Crippen MR) is 101 cm³/mol. The summed E-state index contributed by atoms with van der Waals surface area (Å²) in [4.78, 5) is 10.6. The molecular weight excluding hydrogens is 354 g/mol. The minimum Gasteiger partial charge on any atom is -0.329 e. The summed E-state index contributed by atoms with van der Waals surface area (Å²) in [5.41, 5.74) is 7.25. The minimum absolute atomic E-state index is 0.115. The molecule has 0 atom stereocenters. The van der Waals surface area contributed by atoms with Gasteiger partial charge in [0.15, 0.2) is 0 Å². The number of benzene rings is 2. The highest BCUT2D eigenvalue weighted by atomic mass is 32.2. The van der Waals surface area contributed by atoms with Crippen LogP contribution in [-0.4, -0.2) is 37.3 Å². The highest BCUT2D eigenvalue weighted by molar-refractivity contribution is 7.89. The molecule has 0 bridgehead atoms. The molecule has 0 aromatic heterocycles. The smallest absolute Gasteiger partial charge is 0.270 e. The second-order valence-electron chi connectivity index (χ2n) is 6.09. The average molecular weight is 377 g/mol. The molecule has 0 unspecified atom stereocenters. The summed E-state index contributed by atoms with van der Waals surface area (Å²) in [6.07, 6.45) is 0.561. The summed E-state index contributed by atoms with van der Waals surface area (Å²) >= 11 is 0. The van der Waals surface area contributed by atoms with Crippen LogP contribution in [0.25, 0.3) is 0 Å². The Morgan fingerprint density at radius 3 is 2.15 bits per heavy atom. The van der Waals surface area contributed by atoms with Crippen molar-refractivity contribution in [2.24, 2.45) is 5.73 Å². The molecule has 26 heavy (non-hydrogen) atoms. The number of nitro groups is 1. The molecule has 0 amide bonds. The van der Waals surface area contributed by atoms with Crippen molar-refractivity contribution in [3.63, 3.8) is 0 Å². The van der Waals surface area contributed by atoms with Gasteiger partial charge < -0.3 is 5.73 Å². The molecule has 2 N–H and O–H groups in total. The average Bonchev–Trinajstić information content (AvgIpc) is 2.58. The maximum atomic E-state index is 13.2. The van der Waals surface area contributed by atoms with Crippen molar-refractivity contribution in [2.75, 3.05) is 19.6 Å². The van der Waals surface area contributed by atoms with Crippen molar-refractivity contribution in [3.05, 3.63) is 69.3 Å². The summed E-state index contributed by atoms with van der Waals surface area (Å²) in [5.74, 6) is 0. The summed E-state index contributed by atoms with van der Waals surface area (Å²) in [6, 6.07) is 12.2. The van der Waals surface area contributed by atoms with Crippen LogP contribution < -0.4 is 5.73 Å². The highest BCUT2D eigenvalue weighted by Gasteiger charge is 2.28. The van der Waals surface area contributed by atoms with Crippen LogP contribution in [0.2, 0.25) is 0 Å². The van der Waals surface area contributed by atoms with Crippen molar-refractivity contribution in [3.8, 4) is 0 Å². The van der Waals surface area contributed by atoms with Crippen LogP contribution >= 0.6 is 0 Å². The van der Waals surface area contributed by atoms with Crippen molar-refractivity contribution < 1.29 is 13.3 Å². The van der Waals surface area contributed by atoms with Gasteiger partial charge in [-0.3, -0.25) is 10.1 Å². The van der Waals surface area contributed by atoms with E-state index in [9.17, 15) is 18.5 Å². The van der Waals surface area contributed by atoms with E-state index in [2.05, 4.69) is 0 Å². The van der Waals surface area contributed by atoms with Crippen molar-refractivity contribution >= 4 is 15.7 Å². The van der Waals surface area contributed by atoms with Gasteiger partial charge >= 0.3 is 0 Å². The SMILES string of the molecule is Cc1cc([N+](=O)[O-])cc(C)c1S(=O)(=O)N(CCN)CCc1ccccc1. The molecule has 0 spiro atoms. The van der Waals surface area contributed by atoms with E-state index in [-0.39, 0.29) is 23.7 Å². The number of aryl methyl sites for hydroxylation is 2. The minimum atomic E-state index is -3.81. The molecule has 0 aliphatic rings. The topological polar surface area (TPSA) is 107 Å². The Labute approximate surface area is 153 Å². The van der Waals surface area contributed by atoms with Gasteiger partial charge in [-0.2, -0.15) is 4.31 Å². The Kier molecular flexibility index (Phi) is 6.47. The molecule has 0 saturated heterocycles. The second kappa shape index (κ2) is 8.39. The third-order valence-electron chi connectivity index (χ3n) is 4.12. The van der Waals surface area contributed by atoms with Crippen LogP contribution in [0.15, 0.2) is 47.4 Å². The van der Waals surface area contributed by atoms with Crippen molar-refractivity contribution in [1.29, 1.82) is 0 Å². The van der Waals surface area contributed by atoms with Crippen LogP contribution in [0, 0.1) is 24.0 Å². The lowest BCUT2D eigenvalue weighted by Gasteiger charge is -2.23. The monoisotopic (exact) mass is 377 g/mol. The lowest BCUT2D eigenvalue weighted by atomic mass is 10.1. The van der Waals surface area contributed by atoms with E-state index >= 15 is 0 Å². The first kappa shape index (κ1) is 20.0. The van der Waals surface area contributed by atoms with E-state index < -0.39 is 14.9 Å². The quantitative estimate of drug-likeness (QED) is 0.561. The van der Waals surface area contributed by atoms with E-state index in [0.29, 0.717) is 24.1 Å². The molecule has 0 heterocycles. The van der Waals surface area contributed by atoms with E-state index in [1.165, 1.54) is 16.4 Å². The lowest BCUT2D eigenvalue weighted by Crippen LogP contribution is -2.37. The first-order valence-corrected chi connectivity index (χ1v) is 9.71. The van der Waals surface area contributed by atoms with Gasteiger partial charge in [0.05, 0.1) is 9.82 Å². The van der Waals surface area contributed by atoms with E-state index in [1.54, 1.807) is 13.8 Å². The number of rotatable bonds is 8. The number of non-ortho nitro benzene ring substituents is 1. The van der Waals surface area contributed by atoms with Crippen molar-refractivity contribution in [2.45, 2.75) is 25.2 Å². The Hall–Kier alpha value is -2.29. The van der Waals surface area contributed by atoms with Gasteiger partial charge in [0, 0.05) is 31.8 Å². The summed E-state index contributed by atoms with van der Waals surface area (Å²) in [5, 5.41) is 11.0. The Morgan fingerprint density at radius 2 is 1.65 bits per heavy atom. The van der Waals surface area contributed by atoms with Crippen LogP contribution in [0.3, 0.4) is 0 Å². The van der Waals surface area contributed by atoms with Gasteiger partial charge in [-0.25, -0.2) is 8.42 Å². The zero-order valence-electron chi connectivity index (χ0n) is 14.9. The van der Waals surface area contributed by atoms with Gasteiger partial charge in [-0.15, -0.1) is 0 Å². The molecule has 7 nitrogen and oxygen atoms in total. The number of hydrogen-bond acceptors (Lipinski definition) is 5. The number of hydrogen-bond donors (Lipinski definition) is 1. The molecule has 0 aliphatic heterocycles. The molecule has 2 aromatic rings. The fourth-order valence-electron chi connectivity index (χ4n) is 2.96. The molecule has 8 heteroatoms. The molecule has 140 valence electrons. The summed E-state index contributed by atoms with van der Waals surface area (Å²) in [6.45, 7) is 3.82. The van der Waals surface area contributed by atoms with Gasteiger partial charge in [-0.1, -0.05) is 30.3 Å². The fraction of sp³-hybridized carbons (Fsp3) is 0.333. The Balaban J connectivity index is 2.36. The van der Waals surface area contributed by atoms with E-state index in [4.69, 9.17) is 5.73 Å². The molecule has 0 aliphatic carbocycles. The summed E-state index contributed by atoms with van der Waals surface area (Å²) < 4.78 is 27.7. The largest absolute Gasteiger partial charge is 0.329 e. The number of nitro benzene ring substituents is 1. The molecule has 2 rings (SSSR count). The van der Waals surface area contributed by atoms with E-state index in [0.717, 1.165) is 5.56 Å². The van der Waals surface area contributed by atoms with Gasteiger partial charge in [0.1, 0.15) is 0 Å². The molecule has 0 fully saturated rings. The second-order valence-corrected chi connectivity index (χ2v) is 7.97. The molecular formula is C18H23N3O4S. The lowest BCUT2D eigenvalue weighted by molar-refractivity contribution is -0.385. The zero-order valence-corrected chi connectivity index (χ0v) is 15.7. The van der Waals surface area contributed by atoms with Crippen LogP contribution in [0.1, 0.15) is 16.7 Å². The zero-order chi connectivity index (χ0) is 19.3. The van der Waals surface area contributed by atoms with Gasteiger partial charge in [0.25, 0.3) is 5.69 Å². The number of nitrogens with two attached hydrogens (primary N) is 1. The normalized spacial score (nSPS) is 11.7. The standard InChI is InChI=1S/C18H23N3O4S/c1-14-12-17(21(22)23)13-15(2)18(14)26(24,25)20(11-9-19)10-8-16-6-4-3-5-7-16/h3-7,12-13H,8-11,19H2,1-2H3. The molecule has 0 saturated carbocycles. The number of sulfonamides is 1.